The van der Waals surface area contributed by atoms with Gasteiger partial charge in [-0.1, -0.05) is 69.8 Å². The Morgan fingerprint density at radius 1 is 1.30 bits per heavy atom. The molecule has 154 valence electrons. The van der Waals surface area contributed by atoms with Crippen molar-refractivity contribution in [1.82, 2.24) is 0 Å². The van der Waals surface area contributed by atoms with Crippen LogP contribution in [0.4, 0.5) is 0 Å². The van der Waals surface area contributed by atoms with Crippen molar-refractivity contribution < 1.29 is 20.1 Å². The van der Waals surface area contributed by atoms with Gasteiger partial charge in [-0.2, -0.15) is 0 Å². The maximum atomic E-state index is 10.7. The second kappa shape index (κ2) is 10.4. The number of aliphatic carboxylic acids is 1. The summed E-state index contributed by atoms with van der Waals surface area (Å²) in [6.07, 6.45) is 15.5. The first-order chi connectivity index (χ1) is 12.9. The average molecular weight is 379 g/mol. The van der Waals surface area contributed by atoms with Gasteiger partial charge in [-0.15, -0.1) is 0 Å². The van der Waals surface area contributed by atoms with Crippen molar-refractivity contribution in [2.75, 3.05) is 0 Å². The van der Waals surface area contributed by atoms with Crippen LogP contribution in [0.5, 0.6) is 0 Å². The number of aliphatic hydroxyl groups is 2. The smallest absolute Gasteiger partial charge is 0.303 e. The number of rotatable bonds is 11. The molecule has 5 atom stereocenters. The molecule has 4 nitrogen and oxygen atoms in total. The molecule has 2 aliphatic rings. The van der Waals surface area contributed by atoms with E-state index in [2.05, 4.69) is 26.0 Å². The van der Waals surface area contributed by atoms with Gasteiger partial charge in [0.05, 0.1) is 12.2 Å². The van der Waals surface area contributed by atoms with E-state index in [0.29, 0.717) is 12.3 Å². The SMILES string of the molecule is CCCCCCCC(O)/C=C/[C@@H]1[C@@H](O)CC[C@@]2(C)C(=CCCC(=O)O)C[C@@H]12. The minimum atomic E-state index is -0.753. The summed E-state index contributed by atoms with van der Waals surface area (Å²) in [4.78, 5) is 10.7. The van der Waals surface area contributed by atoms with Crippen LogP contribution in [-0.4, -0.2) is 33.5 Å². The molecule has 3 N–H and O–H groups in total. The summed E-state index contributed by atoms with van der Waals surface area (Å²) >= 11 is 0. The summed E-state index contributed by atoms with van der Waals surface area (Å²) in [5.74, 6) is -0.267. The molecule has 2 saturated carbocycles. The molecule has 0 saturated heterocycles. The van der Waals surface area contributed by atoms with Crippen molar-refractivity contribution in [3.05, 3.63) is 23.8 Å². The van der Waals surface area contributed by atoms with Crippen molar-refractivity contribution >= 4 is 5.97 Å². The highest BCUT2D eigenvalue weighted by atomic mass is 16.4. The number of aliphatic hydroxyl groups excluding tert-OH is 2. The van der Waals surface area contributed by atoms with Gasteiger partial charge in [-0.25, -0.2) is 0 Å². The van der Waals surface area contributed by atoms with Gasteiger partial charge in [-0.3, -0.25) is 4.79 Å². The molecule has 2 aliphatic carbocycles. The molecule has 1 unspecified atom stereocenters. The number of unbranched alkanes of at least 4 members (excludes halogenated alkanes) is 4. The number of allylic oxidation sites excluding steroid dienone is 2. The fraction of sp³-hybridized carbons (Fsp3) is 0.783. The van der Waals surface area contributed by atoms with Crippen molar-refractivity contribution in [1.29, 1.82) is 0 Å². The third-order valence-electron chi connectivity index (χ3n) is 6.77. The summed E-state index contributed by atoms with van der Waals surface area (Å²) in [6.45, 7) is 4.46. The van der Waals surface area contributed by atoms with Crippen molar-refractivity contribution in [3.63, 3.8) is 0 Å². The Labute approximate surface area is 164 Å². The molecular weight excluding hydrogens is 340 g/mol. The van der Waals surface area contributed by atoms with Gasteiger partial charge in [0.15, 0.2) is 0 Å². The number of carbonyl (C=O) groups is 1. The van der Waals surface area contributed by atoms with E-state index in [1.54, 1.807) is 0 Å². The van der Waals surface area contributed by atoms with E-state index in [9.17, 15) is 15.0 Å². The van der Waals surface area contributed by atoms with E-state index < -0.39 is 12.1 Å². The lowest BCUT2D eigenvalue weighted by atomic mass is 9.48. The number of carboxylic acid groups (broad SMARTS) is 1. The van der Waals surface area contributed by atoms with Crippen LogP contribution in [0.25, 0.3) is 0 Å². The van der Waals surface area contributed by atoms with Crippen LogP contribution < -0.4 is 0 Å². The third kappa shape index (κ3) is 5.92. The minimum absolute atomic E-state index is 0.0812. The largest absolute Gasteiger partial charge is 0.481 e. The Balaban J connectivity index is 1.86. The maximum Gasteiger partial charge on any atom is 0.303 e. The lowest BCUT2D eigenvalue weighted by Crippen LogP contribution is -2.51. The molecule has 0 bridgehead atoms. The van der Waals surface area contributed by atoms with Gasteiger partial charge in [0.25, 0.3) is 0 Å². The highest BCUT2D eigenvalue weighted by molar-refractivity contribution is 5.66. The Kier molecular flexibility index (Phi) is 8.56. The van der Waals surface area contributed by atoms with Crippen LogP contribution >= 0.6 is 0 Å². The lowest BCUT2D eigenvalue weighted by molar-refractivity contribution is -0.136. The number of carboxylic acids is 1. The first kappa shape index (κ1) is 22.2. The highest BCUT2D eigenvalue weighted by Crippen LogP contribution is 2.61. The first-order valence-electron chi connectivity index (χ1n) is 10.8. The zero-order chi connectivity index (χ0) is 19.9. The molecule has 0 aliphatic heterocycles. The van der Waals surface area contributed by atoms with E-state index in [1.807, 2.05) is 6.08 Å². The van der Waals surface area contributed by atoms with Crippen LogP contribution in [-0.2, 0) is 4.79 Å². The summed E-state index contributed by atoms with van der Waals surface area (Å²) in [5, 5.41) is 29.6. The molecule has 2 rings (SSSR count). The van der Waals surface area contributed by atoms with Crippen LogP contribution in [0, 0.1) is 17.3 Å². The summed E-state index contributed by atoms with van der Waals surface area (Å²) in [7, 11) is 0. The Morgan fingerprint density at radius 3 is 2.74 bits per heavy atom. The summed E-state index contributed by atoms with van der Waals surface area (Å²) < 4.78 is 0. The van der Waals surface area contributed by atoms with Gasteiger partial charge in [0.2, 0.25) is 0 Å². The molecule has 0 heterocycles. The van der Waals surface area contributed by atoms with Crippen molar-refractivity contribution in [2.45, 2.75) is 96.7 Å². The van der Waals surface area contributed by atoms with Gasteiger partial charge < -0.3 is 15.3 Å². The third-order valence-corrected chi connectivity index (χ3v) is 6.77. The zero-order valence-electron chi connectivity index (χ0n) is 17.1. The second-order valence-corrected chi connectivity index (χ2v) is 8.73. The number of fused-ring (bicyclic) bond motifs is 1. The fourth-order valence-corrected chi connectivity index (χ4v) is 4.88. The van der Waals surface area contributed by atoms with E-state index in [-0.39, 0.29) is 23.9 Å². The predicted molar refractivity (Wildman–Crippen MR) is 108 cm³/mol. The standard InChI is InChI=1S/C23H38O4/c1-3-4-5-6-7-10-18(24)12-13-19-20-16-17(9-8-11-22(26)27)23(20,2)15-14-21(19)25/h9,12-13,18-21,24-25H,3-8,10-11,14-16H2,1-2H3,(H,26,27)/b13-12+,17-9?/t18?,19-,20-,21-,23-/m0/s1. The Morgan fingerprint density at radius 2 is 2.04 bits per heavy atom. The normalized spacial score (nSPS) is 33.0. The topological polar surface area (TPSA) is 77.8 Å². The molecule has 4 heteroatoms. The molecule has 0 amide bonds. The summed E-state index contributed by atoms with van der Waals surface area (Å²) in [6, 6.07) is 0. The second-order valence-electron chi connectivity index (χ2n) is 8.73. The zero-order valence-corrected chi connectivity index (χ0v) is 17.1. The van der Waals surface area contributed by atoms with Gasteiger partial charge >= 0.3 is 5.97 Å². The maximum absolute atomic E-state index is 10.7. The molecule has 0 aromatic rings. The molecule has 2 fully saturated rings. The Bertz CT molecular complexity index is 538. The lowest BCUT2D eigenvalue weighted by Gasteiger charge is -2.57. The Hall–Kier alpha value is -1.13. The van der Waals surface area contributed by atoms with E-state index in [0.717, 1.165) is 32.1 Å². The number of hydrogen-bond acceptors (Lipinski definition) is 3. The molecular formula is C23H38O4. The predicted octanol–water partition coefficient (Wildman–Crippen LogP) is 4.85. The molecule has 0 radical (unpaired) electrons. The van der Waals surface area contributed by atoms with E-state index in [4.69, 9.17) is 5.11 Å². The quantitative estimate of drug-likeness (QED) is 0.355. The van der Waals surface area contributed by atoms with Gasteiger partial charge in [-0.05, 0) is 43.4 Å². The van der Waals surface area contributed by atoms with E-state index in [1.165, 1.54) is 31.3 Å². The fourth-order valence-electron chi connectivity index (χ4n) is 4.88. The van der Waals surface area contributed by atoms with Crippen molar-refractivity contribution in [2.24, 2.45) is 17.3 Å². The highest BCUT2D eigenvalue weighted by Gasteiger charge is 2.53. The average Bonchev–Trinajstić information content (AvgIpc) is 2.62. The van der Waals surface area contributed by atoms with Crippen LogP contribution in [0.1, 0.15) is 84.5 Å². The number of hydrogen-bond donors (Lipinski definition) is 3. The molecule has 0 aromatic heterocycles. The van der Waals surface area contributed by atoms with Crippen LogP contribution in [0.3, 0.4) is 0 Å². The van der Waals surface area contributed by atoms with E-state index >= 15 is 0 Å². The van der Waals surface area contributed by atoms with Crippen LogP contribution in [0.2, 0.25) is 0 Å². The minimum Gasteiger partial charge on any atom is -0.481 e. The van der Waals surface area contributed by atoms with Gasteiger partial charge in [0, 0.05) is 12.3 Å². The molecule has 0 spiro atoms. The van der Waals surface area contributed by atoms with Gasteiger partial charge in [0.1, 0.15) is 0 Å². The molecule has 0 aromatic carbocycles. The first-order valence-corrected chi connectivity index (χ1v) is 10.8. The monoisotopic (exact) mass is 378 g/mol. The van der Waals surface area contributed by atoms with Crippen molar-refractivity contribution in [3.8, 4) is 0 Å². The summed E-state index contributed by atoms with van der Waals surface area (Å²) in [5.41, 5.74) is 1.44. The molecule has 27 heavy (non-hydrogen) atoms. The van der Waals surface area contributed by atoms with Crippen LogP contribution in [0.15, 0.2) is 23.8 Å².